The maximum absolute atomic E-state index is 12.2. The molecule has 27 heavy (non-hydrogen) atoms. The van der Waals surface area contributed by atoms with Crippen molar-refractivity contribution in [2.24, 2.45) is 7.05 Å². The van der Waals surface area contributed by atoms with Crippen LogP contribution in [0.3, 0.4) is 0 Å². The molecule has 2 aromatic carbocycles. The van der Waals surface area contributed by atoms with E-state index in [2.05, 4.69) is 15.5 Å². The van der Waals surface area contributed by atoms with Crippen molar-refractivity contribution < 1.29 is 4.79 Å². The number of aromatic nitrogens is 3. The Morgan fingerprint density at radius 3 is 2.78 bits per heavy atom. The maximum atomic E-state index is 12.2. The number of rotatable bonds is 5. The molecule has 3 aromatic rings. The van der Waals surface area contributed by atoms with E-state index in [-0.39, 0.29) is 11.7 Å². The van der Waals surface area contributed by atoms with Gasteiger partial charge in [0.25, 0.3) is 0 Å². The zero-order valence-corrected chi connectivity index (χ0v) is 16.3. The standard InChI is InChI=1S/C19H16ClN5OS/c1-12-5-3-4-6-15(12)18-23-24-19(25(18)2)27-11-17(26)22-14-8-7-13(10-21)16(20)9-14/h3-9H,11H2,1-2H3,(H,22,26). The number of hydrogen-bond acceptors (Lipinski definition) is 5. The fourth-order valence-corrected chi connectivity index (χ4v) is 3.44. The van der Waals surface area contributed by atoms with E-state index in [0.29, 0.717) is 21.4 Å². The molecule has 0 aliphatic heterocycles. The van der Waals surface area contributed by atoms with Crippen molar-refractivity contribution in [1.82, 2.24) is 14.8 Å². The summed E-state index contributed by atoms with van der Waals surface area (Å²) in [5.74, 6) is 0.744. The number of carbonyl (C=O) groups excluding carboxylic acids is 1. The lowest BCUT2D eigenvalue weighted by Gasteiger charge is -2.07. The first-order valence-corrected chi connectivity index (χ1v) is 9.43. The smallest absolute Gasteiger partial charge is 0.234 e. The van der Waals surface area contributed by atoms with Crippen molar-refractivity contribution in [3.63, 3.8) is 0 Å². The van der Waals surface area contributed by atoms with Crippen LogP contribution in [0.2, 0.25) is 5.02 Å². The molecule has 0 saturated carbocycles. The SMILES string of the molecule is Cc1ccccc1-c1nnc(SCC(=O)Nc2ccc(C#N)c(Cl)c2)n1C. The van der Waals surface area contributed by atoms with E-state index >= 15 is 0 Å². The van der Waals surface area contributed by atoms with Crippen LogP contribution in [0.15, 0.2) is 47.6 Å². The molecule has 0 saturated heterocycles. The first kappa shape index (κ1) is 19.0. The molecule has 3 rings (SSSR count). The molecule has 1 heterocycles. The van der Waals surface area contributed by atoms with Gasteiger partial charge in [0.15, 0.2) is 11.0 Å². The number of anilines is 1. The van der Waals surface area contributed by atoms with Crippen LogP contribution in [0.1, 0.15) is 11.1 Å². The average Bonchev–Trinajstić information content (AvgIpc) is 3.01. The van der Waals surface area contributed by atoms with E-state index in [1.54, 1.807) is 18.2 Å². The maximum Gasteiger partial charge on any atom is 0.234 e. The fourth-order valence-electron chi connectivity index (χ4n) is 2.51. The predicted octanol–water partition coefficient (Wildman–Crippen LogP) is 4.05. The molecular formula is C19H16ClN5OS. The number of benzene rings is 2. The van der Waals surface area contributed by atoms with Gasteiger partial charge in [-0.25, -0.2) is 0 Å². The Balaban J connectivity index is 1.65. The van der Waals surface area contributed by atoms with Gasteiger partial charge in [0.1, 0.15) is 6.07 Å². The summed E-state index contributed by atoms with van der Waals surface area (Å²) in [6.07, 6.45) is 0. The van der Waals surface area contributed by atoms with Gasteiger partial charge < -0.3 is 9.88 Å². The number of nitrogens with one attached hydrogen (secondary N) is 1. The molecule has 0 unspecified atom stereocenters. The van der Waals surface area contributed by atoms with Crippen LogP contribution in [0.5, 0.6) is 0 Å². The highest BCUT2D eigenvalue weighted by Crippen LogP contribution is 2.25. The zero-order valence-electron chi connectivity index (χ0n) is 14.7. The first-order chi connectivity index (χ1) is 13.0. The van der Waals surface area contributed by atoms with Crippen LogP contribution in [0.25, 0.3) is 11.4 Å². The van der Waals surface area contributed by atoms with E-state index in [1.165, 1.54) is 11.8 Å². The number of amides is 1. The van der Waals surface area contributed by atoms with Crippen molar-refractivity contribution in [2.75, 3.05) is 11.1 Å². The highest BCUT2D eigenvalue weighted by Gasteiger charge is 2.14. The van der Waals surface area contributed by atoms with Crippen LogP contribution < -0.4 is 5.32 Å². The number of nitrogens with zero attached hydrogens (tertiary/aromatic N) is 4. The largest absolute Gasteiger partial charge is 0.325 e. The minimum Gasteiger partial charge on any atom is -0.325 e. The lowest BCUT2D eigenvalue weighted by atomic mass is 10.1. The summed E-state index contributed by atoms with van der Waals surface area (Å²) in [6.45, 7) is 2.02. The molecule has 136 valence electrons. The van der Waals surface area contributed by atoms with Crippen molar-refractivity contribution in [2.45, 2.75) is 12.1 Å². The summed E-state index contributed by atoms with van der Waals surface area (Å²) in [5, 5.41) is 21.0. The quantitative estimate of drug-likeness (QED) is 0.656. The molecule has 0 bridgehead atoms. The van der Waals surface area contributed by atoms with Crippen LogP contribution in [-0.4, -0.2) is 26.4 Å². The molecule has 1 amide bonds. The molecular weight excluding hydrogens is 382 g/mol. The number of aryl methyl sites for hydroxylation is 1. The van der Waals surface area contributed by atoms with Crippen molar-refractivity contribution in [1.29, 1.82) is 5.26 Å². The average molecular weight is 398 g/mol. The van der Waals surface area contributed by atoms with Gasteiger partial charge in [0.2, 0.25) is 5.91 Å². The monoisotopic (exact) mass is 397 g/mol. The van der Waals surface area contributed by atoms with Crippen LogP contribution >= 0.6 is 23.4 Å². The first-order valence-electron chi connectivity index (χ1n) is 8.07. The highest BCUT2D eigenvalue weighted by molar-refractivity contribution is 7.99. The molecule has 0 atom stereocenters. The summed E-state index contributed by atoms with van der Waals surface area (Å²) in [6, 6.07) is 14.7. The molecule has 1 aromatic heterocycles. The molecule has 0 spiro atoms. The Bertz CT molecular complexity index is 1040. The second-order valence-electron chi connectivity index (χ2n) is 5.82. The minimum absolute atomic E-state index is 0.178. The summed E-state index contributed by atoms with van der Waals surface area (Å²) in [7, 11) is 1.88. The molecule has 1 N–H and O–H groups in total. The Morgan fingerprint density at radius 1 is 1.30 bits per heavy atom. The molecule has 8 heteroatoms. The Morgan fingerprint density at radius 2 is 2.07 bits per heavy atom. The summed E-state index contributed by atoms with van der Waals surface area (Å²) >= 11 is 7.28. The van der Waals surface area contributed by atoms with Gasteiger partial charge in [-0.3, -0.25) is 4.79 Å². The van der Waals surface area contributed by atoms with Gasteiger partial charge in [-0.05, 0) is 30.7 Å². The van der Waals surface area contributed by atoms with Gasteiger partial charge in [0, 0.05) is 18.3 Å². The Hall–Kier alpha value is -2.82. The Kier molecular flexibility index (Phi) is 5.79. The molecule has 0 radical (unpaired) electrons. The van der Waals surface area contributed by atoms with Gasteiger partial charge in [-0.15, -0.1) is 10.2 Å². The third-order valence-electron chi connectivity index (χ3n) is 3.93. The Labute approximate surface area is 166 Å². The third kappa shape index (κ3) is 4.30. The summed E-state index contributed by atoms with van der Waals surface area (Å²) in [5.41, 5.74) is 3.03. The number of thioether (sulfide) groups is 1. The topological polar surface area (TPSA) is 83.6 Å². The van der Waals surface area contributed by atoms with E-state index in [9.17, 15) is 4.79 Å². The van der Waals surface area contributed by atoms with Crippen LogP contribution in [-0.2, 0) is 11.8 Å². The second-order valence-corrected chi connectivity index (χ2v) is 7.17. The molecule has 0 fully saturated rings. The number of carbonyl (C=O) groups is 1. The zero-order chi connectivity index (χ0) is 19.4. The summed E-state index contributed by atoms with van der Waals surface area (Å²) < 4.78 is 1.87. The van der Waals surface area contributed by atoms with Gasteiger partial charge in [-0.1, -0.05) is 47.6 Å². The van der Waals surface area contributed by atoms with Crippen molar-refractivity contribution in [3.05, 3.63) is 58.6 Å². The van der Waals surface area contributed by atoms with E-state index < -0.39 is 0 Å². The van der Waals surface area contributed by atoms with E-state index in [1.807, 2.05) is 48.9 Å². The van der Waals surface area contributed by atoms with Crippen LogP contribution in [0.4, 0.5) is 5.69 Å². The molecule has 0 aliphatic carbocycles. The lowest BCUT2D eigenvalue weighted by molar-refractivity contribution is -0.113. The predicted molar refractivity (Wildman–Crippen MR) is 107 cm³/mol. The van der Waals surface area contributed by atoms with E-state index in [0.717, 1.165) is 17.0 Å². The number of nitriles is 1. The minimum atomic E-state index is -0.193. The molecule has 6 nitrogen and oxygen atoms in total. The number of hydrogen-bond donors (Lipinski definition) is 1. The second kappa shape index (κ2) is 8.25. The van der Waals surface area contributed by atoms with Gasteiger partial charge in [0.05, 0.1) is 16.3 Å². The van der Waals surface area contributed by atoms with Crippen LogP contribution in [0, 0.1) is 18.3 Å². The van der Waals surface area contributed by atoms with E-state index in [4.69, 9.17) is 16.9 Å². The number of halogens is 1. The third-order valence-corrected chi connectivity index (χ3v) is 5.26. The lowest BCUT2D eigenvalue weighted by Crippen LogP contribution is -2.14. The fraction of sp³-hybridized carbons (Fsp3) is 0.158. The summed E-state index contributed by atoms with van der Waals surface area (Å²) in [4.78, 5) is 12.2. The van der Waals surface area contributed by atoms with Crippen molar-refractivity contribution >= 4 is 35.0 Å². The van der Waals surface area contributed by atoms with Crippen molar-refractivity contribution in [3.8, 4) is 17.5 Å². The van der Waals surface area contributed by atoms with Gasteiger partial charge >= 0.3 is 0 Å². The highest BCUT2D eigenvalue weighted by atomic mass is 35.5. The molecule has 0 aliphatic rings. The van der Waals surface area contributed by atoms with Gasteiger partial charge in [-0.2, -0.15) is 5.26 Å². The normalized spacial score (nSPS) is 10.4.